The molecule has 1 saturated heterocycles. The molecule has 2 heterocycles. The lowest BCUT2D eigenvalue weighted by atomic mass is 10.2. The predicted octanol–water partition coefficient (Wildman–Crippen LogP) is 1.66. The number of anilines is 1. The minimum atomic E-state index is 0.535. The van der Waals surface area contributed by atoms with Gasteiger partial charge in [-0.25, -0.2) is 0 Å². The molecule has 0 saturated carbocycles. The van der Waals surface area contributed by atoms with Crippen LogP contribution in [0, 0.1) is 0 Å². The van der Waals surface area contributed by atoms with Gasteiger partial charge in [0.25, 0.3) is 0 Å². The minimum Gasteiger partial charge on any atom is -0.355 e. The third-order valence-electron chi connectivity index (χ3n) is 3.31. The molecule has 1 aromatic heterocycles. The van der Waals surface area contributed by atoms with Crippen molar-refractivity contribution in [2.45, 2.75) is 31.1 Å². The second-order valence-electron chi connectivity index (χ2n) is 4.36. The smallest absolute Gasteiger partial charge is 0.155 e. The van der Waals surface area contributed by atoms with Crippen LogP contribution in [0.4, 0.5) is 5.82 Å². The van der Waals surface area contributed by atoms with Gasteiger partial charge in [-0.1, -0.05) is 0 Å². The molecule has 0 amide bonds. The van der Waals surface area contributed by atoms with Crippen LogP contribution in [-0.4, -0.2) is 34.8 Å². The van der Waals surface area contributed by atoms with Gasteiger partial charge in [0.1, 0.15) is 0 Å². The molecule has 17 heavy (non-hydrogen) atoms. The van der Waals surface area contributed by atoms with E-state index >= 15 is 0 Å². The Kier molecular flexibility index (Phi) is 4.62. The maximum Gasteiger partial charge on any atom is 0.155 e. The molecule has 1 atom stereocenters. The van der Waals surface area contributed by atoms with Crippen LogP contribution in [0.15, 0.2) is 12.3 Å². The van der Waals surface area contributed by atoms with E-state index in [2.05, 4.69) is 21.4 Å². The molecule has 4 nitrogen and oxygen atoms in total. The van der Waals surface area contributed by atoms with E-state index in [1.54, 1.807) is 6.20 Å². The minimum absolute atomic E-state index is 0.535. The van der Waals surface area contributed by atoms with Crippen LogP contribution in [0.25, 0.3) is 0 Å². The highest BCUT2D eigenvalue weighted by Crippen LogP contribution is 2.25. The van der Waals surface area contributed by atoms with Gasteiger partial charge in [0.2, 0.25) is 0 Å². The first-order valence-electron chi connectivity index (χ1n) is 6.13. The fraction of sp³-hybridized carbons (Fsp3) is 0.667. The van der Waals surface area contributed by atoms with Gasteiger partial charge in [-0.3, -0.25) is 0 Å². The summed E-state index contributed by atoms with van der Waals surface area (Å²) in [6.07, 6.45) is 7.67. The summed E-state index contributed by atoms with van der Waals surface area (Å²) in [6.45, 7) is 2.67. The monoisotopic (exact) mass is 252 g/mol. The summed E-state index contributed by atoms with van der Waals surface area (Å²) in [5.41, 5.74) is 6.85. The Hall–Kier alpha value is -0.810. The van der Waals surface area contributed by atoms with E-state index in [1.807, 2.05) is 17.8 Å². The third kappa shape index (κ3) is 3.10. The summed E-state index contributed by atoms with van der Waals surface area (Å²) in [5, 5.41) is 9.03. The first-order chi connectivity index (χ1) is 8.35. The summed E-state index contributed by atoms with van der Waals surface area (Å²) >= 11 is 1.98. The van der Waals surface area contributed by atoms with E-state index in [9.17, 15) is 0 Å². The first kappa shape index (κ1) is 12.6. The van der Waals surface area contributed by atoms with Crippen molar-refractivity contribution in [2.75, 3.05) is 24.2 Å². The SMILES string of the molecule is CSC1CCCN(c2nnccc2CN)CC1. The Morgan fingerprint density at radius 3 is 3.12 bits per heavy atom. The molecule has 1 unspecified atom stereocenters. The van der Waals surface area contributed by atoms with Crippen LogP contribution in [0.2, 0.25) is 0 Å². The summed E-state index contributed by atoms with van der Waals surface area (Å²) < 4.78 is 0. The number of nitrogens with two attached hydrogens (primary N) is 1. The molecule has 2 N–H and O–H groups in total. The molecule has 0 aromatic carbocycles. The van der Waals surface area contributed by atoms with Crippen LogP contribution >= 0.6 is 11.8 Å². The average molecular weight is 252 g/mol. The predicted molar refractivity (Wildman–Crippen MR) is 73.3 cm³/mol. The van der Waals surface area contributed by atoms with Crippen molar-refractivity contribution in [1.29, 1.82) is 0 Å². The lowest BCUT2D eigenvalue weighted by Crippen LogP contribution is -2.27. The molecule has 2 rings (SSSR count). The number of hydrogen-bond acceptors (Lipinski definition) is 5. The van der Waals surface area contributed by atoms with Gasteiger partial charge in [0.05, 0.1) is 6.20 Å². The Bertz CT molecular complexity index is 358. The van der Waals surface area contributed by atoms with Crippen LogP contribution in [0.1, 0.15) is 24.8 Å². The average Bonchev–Trinajstić information content (AvgIpc) is 2.63. The topological polar surface area (TPSA) is 55.0 Å². The summed E-state index contributed by atoms with van der Waals surface area (Å²) in [7, 11) is 0. The maximum atomic E-state index is 5.75. The zero-order valence-electron chi connectivity index (χ0n) is 10.3. The molecule has 5 heteroatoms. The second-order valence-corrected chi connectivity index (χ2v) is 5.50. The number of nitrogens with zero attached hydrogens (tertiary/aromatic N) is 3. The lowest BCUT2D eigenvalue weighted by Gasteiger charge is -2.23. The van der Waals surface area contributed by atoms with Gasteiger partial charge in [-0.2, -0.15) is 16.9 Å². The van der Waals surface area contributed by atoms with Gasteiger partial charge in [-0.15, -0.1) is 5.10 Å². The Morgan fingerprint density at radius 1 is 1.47 bits per heavy atom. The molecular formula is C12H20N4S. The van der Waals surface area contributed by atoms with Crippen LogP contribution in [0.3, 0.4) is 0 Å². The quantitative estimate of drug-likeness (QED) is 0.886. The third-order valence-corrected chi connectivity index (χ3v) is 4.45. The number of aromatic nitrogens is 2. The van der Waals surface area contributed by atoms with Crippen molar-refractivity contribution in [3.63, 3.8) is 0 Å². The van der Waals surface area contributed by atoms with Crippen LogP contribution in [0.5, 0.6) is 0 Å². The van der Waals surface area contributed by atoms with Gasteiger partial charge >= 0.3 is 0 Å². The highest BCUT2D eigenvalue weighted by atomic mass is 32.2. The van der Waals surface area contributed by atoms with Gasteiger partial charge in [0.15, 0.2) is 5.82 Å². The lowest BCUT2D eigenvalue weighted by molar-refractivity contribution is 0.744. The highest BCUT2D eigenvalue weighted by molar-refractivity contribution is 7.99. The number of thioether (sulfide) groups is 1. The van der Waals surface area contributed by atoms with E-state index in [0.29, 0.717) is 6.54 Å². The molecule has 0 radical (unpaired) electrons. The molecule has 1 fully saturated rings. The number of rotatable bonds is 3. The number of hydrogen-bond donors (Lipinski definition) is 1. The van der Waals surface area contributed by atoms with Gasteiger partial charge in [0, 0.05) is 30.4 Å². The molecular weight excluding hydrogens is 232 g/mol. The Balaban J connectivity index is 2.11. The van der Waals surface area contributed by atoms with E-state index in [1.165, 1.54) is 19.3 Å². The first-order valence-corrected chi connectivity index (χ1v) is 7.42. The van der Waals surface area contributed by atoms with E-state index in [4.69, 9.17) is 5.73 Å². The standard InChI is InChI=1S/C12H20N4S/c1-17-11-3-2-7-16(8-5-11)12-10(9-13)4-6-14-15-12/h4,6,11H,2-3,5,7-9,13H2,1H3. The van der Waals surface area contributed by atoms with Crippen molar-refractivity contribution in [3.05, 3.63) is 17.8 Å². The highest BCUT2D eigenvalue weighted by Gasteiger charge is 2.19. The Labute approximate surface area is 107 Å². The summed E-state index contributed by atoms with van der Waals surface area (Å²) in [6, 6.07) is 1.97. The van der Waals surface area contributed by atoms with Crippen molar-refractivity contribution >= 4 is 17.6 Å². The van der Waals surface area contributed by atoms with Crippen LogP contribution < -0.4 is 10.6 Å². The largest absolute Gasteiger partial charge is 0.355 e. The fourth-order valence-corrected chi connectivity index (χ4v) is 3.03. The fourth-order valence-electron chi connectivity index (χ4n) is 2.29. The summed E-state index contributed by atoms with van der Waals surface area (Å²) in [4.78, 5) is 2.34. The second kappa shape index (κ2) is 6.21. The maximum absolute atomic E-state index is 5.75. The van der Waals surface area contributed by atoms with Crippen molar-refractivity contribution < 1.29 is 0 Å². The Morgan fingerprint density at radius 2 is 2.35 bits per heavy atom. The molecule has 0 spiro atoms. The van der Waals surface area contributed by atoms with Crippen LogP contribution in [-0.2, 0) is 6.54 Å². The zero-order chi connectivity index (χ0) is 12.1. The molecule has 0 bridgehead atoms. The van der Waals surface area contributed by atoms with E-state index in [-0.39, 0.29) is 0 Å². The van der Waals surface area contributed by atoms with Crippen molar-refractivity contribution in [1.82, 2.24) is 10.2 Å². The molecule has 1 aliphatic rings. The van der Waals surface area contributed by atoms with E-state index in [0.717, 1.165) is 29.7 Å². The normalized spacial score (nSPS) is 21.3. The van der Waals surface area contributed by atoms with Crippen molar-refractivity contribution in [2.24, 2.45) is 5.73 Å². The molecule has 94 valence electrons. The van der Waals surface area contributed by atoms with Crippen molar-refractivity contribution in [3.8, 4) is 0 Å². The zero-order valence-corrected chi connectivity index (χ0v) is 11.1. The van der Waals surface area contributed by atoms with Gasteiger partial charge in [-0.05, 0) is 31.6 Å². The molecule has 1 aliphatic heterocycles. The summed E-state index contributed by atoms with van der Waals surface area (Å²) in [5.74, 6) is 0.983. The molecule has 1 aromatic rings. The molecule has 0 aliphatic carbocycles. The van der Waals surface area contributed by atoms with Gasteiger partial charge < -0.3 is 10.6 Å². The van der Waals surface area contributed by atoms with E-state index < -0.39 is 0 Å².